The molecule has 2 aromatic heterocycles. The molecule has 2 aromatic carbocycles. The van der Waals surface area contributed by atoms with E-state index in [0.717, 1.165) is 11.1 Å². The number of alkyl halides is 1. The Morgan fingerprint density at radius 2 is 1.56 bits per heavy atom. The minimum atomic E-state index is -1.68. The highest BCUT2D eigenvalue weighted by Gasteiger charge is 2.47. The maximum Gasteiger partial charge on any atom is 0.252 e. The molecule has 9 heteroatoms. The molecular weight excluding hydrogens is 527 g/mol. The monoisotopic (exact) mass is 559 g/mol. The van der Waals surface area contributed by atoms with E-state index in [1.54, 1.807) is 50.4 Å². The lowest BCUT2D eigenvalue weighted by Gasteiger charge is -2.51. The van der Waals surface area contributed by atoms with Gasteiger partial charge in [-0.3, -0.25) is 9.69 Å². The van der Waals surface area contributed by atoms with Crippen LogP contribution in [0.25, 0.3) is 11.0 Å². The van der Waals surface area contributed by atoms with E-state index in [4.69, 9.17) is 0 Å². The van der Waals surface area contributed by atoms with Gasteiger partial charge in [-0.15, -0.1) is 0 Å². The largest absolute Gasteiger partial charge is 0.367 e. The molecule has 0 spiro atoms. The number of rotatable bonds is 6. The molecule has 1 saturated heterocycles. The summed E-state index contributed by atoms with van der Waals surface area (Å²) in [6, 6.07) is 17.9. The highest BCUT2D eigenvalue weighted by atomic mass is 19.1. The van der Waals surface area contributed by atoms with Crippen molar-refractivity contribution in [1.82, 2.24) is 14.5 Å². The Labute approximate surface area is 237 Å². The lowest BCUT2D eigenvalue weighted by atomic mass is 9.82. The number of benzene rings is 2. The van der Waals surface area contributed by atoms with Crippen LogP contribution in [0.2, 0.25) is 0 Å². The number of anilines is 1. The molecule has 0 N–H and O–H groups in total. The maximum atomic E-state index is 16.8. The Morgan fingerprint density at radius 1 is 0.976 bits per heavy atom. The average molecular weight is 560 g/mol. The highest BCUT2D eigenvalue weighted by molar-refractivity contribution is 5.88. The van der Waals surface area contributed by atoms with Crippen LogP contribution in [0, 0.1) is 28.9 Å². The zero-order chi connectivity index (χ0) is 29.5. The number of fused-ring (bicyclic) bond motifs is 1. The summed E-state index contributed by atoms with van der Waals surface area (Å²) in [5.41, 5.74) is 1.44. The molecule has 6 nitrogen and oxygen atoms in total. The van der Waals surface area contributed by atoms with E-state index in [1.807, 2.05) is 18.7 Å². The fourth-order valence-corrected chi connectivity index (χ4v) is 5.69. The second kappa shape index (κ2) is 11.0. The second-order valence-electron chi connectivity index (χ2n) is 11.1. The van der Waals surface area contributed by atoms with Crippen molar-refractivity contribution in [3.63, 3.8) is 0 Å². The van der Waals surface area contributed by atoms with Crippen LogP contribution in [0.15, 0.2) is 71.5 Å². The molecule has 212 valence electrons. The van der Waals surface area contributed by atoms with Crippen molar-refractivity contribution in [1.29, 1.82) is 5.26 Å². The van der Waals surface area contributed by atoms with Crippen LogP contribution >= 0.6 is 0 Å². The predicted molar refractivity (Wildman–Crippen MR) is 153 cm³/mol. The summed E-state index contributed by atoms with van der Waals surface area (Å²) >= 11 is 0. The maximum absolute atomic E-state index is 16.8. The number of aromatic nitrogens is 2. The Hall–Kier alpha value is -4.16. The van der Waals surface area contributed by atoms with E-state index in [0.29, 0.717) is 29.8 Å². The van der Waals surface area contributed by atoms with Crippen LogP contribution in [-0.4, -0.2) is 45.8 Å². The molecule has 2 unspecified atom stereocenters. The zero-order valence-electron chi connectivity index (χ0n) is 23.5. The van der Waals surface area contributed by atoms with Crippen molar-refractivity contribution < 1.29 is 13.2 Å². The lowest BCUT2D eigenvalue weighted by molar-refractivity contribution is -0.0170. The van der Waals surface area contributed by atoms with E-state index >= 15 is 4.39 Å². The van der Waals surface area contributed by atoms with Crippen LogP contribution in [0.3, 0.4) is 0 Å². The van der Waals surface area contributed by atoms with Crippen LogP contribution in [-0.2, 0) is 7.05 Å². The zero-order valence-corrected chi connectivity index (χ0v) is 23.5. The van der Waals surface area contributed by atoms with Gasteiger partial charge >= 0.3 is 0 Å². The molecular formula is C32H32F3N5O. The molecule has 3 heterocycles. The summed E-state index contributed by atoms with van der Waals surface area (Å²) in [5, 5.41) is 9.48. The first kappa shape index (κ1) is 28.4. The van der Waals surface area contributed by atoms with Crippen molar-refractivity contribution >= 4 is 16.7 Å². The van der Waals surface area contributed by atoms with Crippen LogP contribution < -0.4 is 10.5 Å². The number of nitrogens with zero attached hydrogens (tertiary/aromatic N) is 5. The van der Waals surface area contributed by atoms with Crippen molar-refractivity contribution in [3.8, 4) is 6.07 Å². The third-order valence-electron chi connectivity index (χ3n) is 8.43. The average Bonchev–Trinajstić information content (AvgIpc) is 2.96. The van der Waals surface area contributed by atoms with Crippen molar-refractivity contribution in [2.75, 3.05) is 24.5 Å². The molecule has 1 aliphatic rings. The minimum Gasteiger partial charge on any atom is -0.367 e. The van der Waals surface area contributed by atoms with E-state index in [2.05, 4.69) is 16.0 Å². The third-order valence-corrected chi connectivity index (χ3v) is 8.43. The summed E-state index contributed by atoms with van der Waals surface area (Å²) in [4.78, 5) is 21.5. The van der Waals surface area contributed by atoms with Crippen LogP contribution in [0.1, 0.15) is 43.6 Å². The molecule has 5 rings (SSSR count). The van der Waals surface area contributed by atoms with Gasteiger partial charge in [0.05, 0.1) is 23.3 Å². The van der Waals surface area contributed by atoms with E-state index < -0.39 is 17.8 Å². The Morgan fingerprint density at radius 3 is 2.10 bits per heavy atom. The summed E-state index contributed by atoms with van der Waals surface area (Å²) < 4.78 is 46.1. The van der Waals surface area contributed by atoms with Crippen molar-refractivity contribution in [2.45, 2.75) is 38.5 Å². The molecule has 2 atom stereocenters. The van der Waals surface area contributed by atoms with Crippen molar-refractivity contribution in [2.24, 2.45) is 13.0 Å². The molecule has 0 saturated carbocycles. The summed E-state index contributed by atoms with van der Waals surface area (Å²) in [7, 11) is 1.65. The standard InChI is InChI=1S/C32H32F3N5O/c1-20(2)32(3,35)28-19-39(27-17-29(41)38(4)26-14-13-25(18-36)37-30(26)27)15-16-40(28)31(21-5-9-23(33)10-6-21)22-7-11-24(34)12-8-22/h5-14,17,20,28,31H,15-16,19H2,1-4H3. The highest BCUT2D eigenvalue weighted by Crippen LogP contribution is 2.40. The molecule has 41 heavy (non-hydrogen) atoms. The Kier molecular flexibility index (Phi) is 7.62. The molecule has 0 aliphatic carbocycles. The second-order valence-corrected chi connectivity index (χ2v) is 11.1. The van der Waals surface area contributed by atoms with Crippen LogP contribution in [0.4, 0.5) is 18.9 Å². The third kappa shape index (κ3) is 5.32. The normalized spacial score (nSPS) is 17.7. The number of halogens is 3. The number of pyridine rings is 2. The molecule has 0 bridgehead atoms. The van der Waals surface area contributed by atoms with Gasteiger partial charge in [0.2, 0.25) is 0 Å². The minimum absolute atomic E-state index is 0.220. The Balaban J connectivity index is 1.64. The van der Waals surface area contributed by atoms with Gasteiger partial charge in [0.25, 0.3) is 5.56 Å². The Bertz CT molecular complexity index is 1610. The fraction of sp³-hybridized carbons (Fsp3) is 0.344. The molecule has 1 fully saturated rings. The quantitative estimate of drug-likeness (QED) is 0.301. The van der Waals surface area contributed by atoms with Gasteiger partial charge in [0, 0.05) is 32.7 Å². The first-order valence-electron chi connectivity index (χ1n) is 13.6. The molecule has 0 amide bonds. The fourth-order valence-electron chi connectivity index (χ4n) is 5.69. The molecule has 0 radical (unpaired) electrons. The summed E-state index contributed by atoms with van der Waals surface area (Å²) in [5.74, 6) is -1.12. The number of nitriles is 1. The molecule has 4 aromatic rings. The van der Waals surface area contributed by atoms with E-state index in [1.165, 1.54) is 34.9 Å². The number of hydrogen-bond acceptors (Lipinski definition) is 5. The predicted octanol–water partition coefficient (Wildman–Crippen LogP) is 5.75. The number of piperazine rings is 1. The van der Waals surface area contributed by atoms with Gasteiger partial charge in [-0.05, 0) is 60.4 Å². The van der Waals surface area contributed by atoms with E-state index in [-0.39, 0.29) is 35.4 Å². The smallest absolute Gasteiger partial charge is 0.252 e. The summed E-state index contributed by atoms with van der Waals surface area (Å²) in [6.45, 7) is 6.30. The van der Waals surface area contributed by atoms with Gasteiger partial charge in [0.1, 0.15) is 34.6 Å². The van der Waals surface area contributed by atoms with Gasteiger partial charge in [-0.2, -0.15) is 5.26 Å². The van der Waals surface area contributed by atoms with Crippen molar-refractivity contribution in [3.05, 3.63) is 106 Å². The first-order chi connectivity index (χ1) is 19.5. The summed E-state index contributed by atoms with van der Waals surface area (Å²) in [6.07, 6.45) is 0. The first-order valence-corrected chi connectivity index (χ1v) is 13.6. The SMILES string of the molecule is CC(C)C(C)(F)C1CN(c2cc(=O)n(C)c3ccc(C#N)nc23)CCN1C(c1ccc(F)cc1)c1ccc(F)cc1. The van der Waals surface area contributed by atoms with Gasteiger partial charge in [-0.25, -0.2) is 18.2 Å². The molecule has 1 aliphatic heterocycles. The van der Waals surface area contributed by atoms with E-state index in [9.17, 15) is 18.8 Å². The van der Waals surface area contributed by atoms with Gasteiger partial charge < -0.3 is 9.47 Å². The lowest BCUT2D eigenvalue weighted by Crippen LogP contribution is -2.63. The number of aryl methyl sites for hydroxylation is 1. The van der Waals surface area contributed by atoms with Crippen LogP contribution in [0.5, 0.6) is 0 Å². The number of hydrogen-bond donors (Lipinski definition) is 0. The van der Waals surface area contributed by atoms with Gasteiger partial charge in [0.15, 0.2) is 0 Å². The topological polar surface area (TPSA) is 65.2 Å². The van der Waals surface area contributed by atoms with Gasteiger partial charge in [-0.1, -0.05) is 38.1 Å².